The molecule has 0 saturated heterocycles. The molecular weight excluding hydrogens is 276 g/mol. The van der Waals surface area contributed by atoms with Gasteiger partial charge in [0, 0.05) is 23.3 Å². The zero-order chi connectivity index (χ0) is 11.7. The fourth-order valence-corrected chi connectivity index (χ4v) is 2.56. The average Bonchev–Trinajstić information content (AvgIpc) is 3.20. The van der Waals surface area contributed by atoms with E-state index in [4.69, 9.17) is 4.98 Å². The molecule has 0 bridgehead atoms. The molecule has 2 nitrogen and oxygen atoms in total. The van der Waals surface area contributed by atoms with Gasteiger partial charge in [-0.05, 0) is 31.0 Å². The van der Waals surface area contributed by atoms with Crippen LogP contribution in [0.5, 0.6) is 0 Å². The lowest BCUT2D eigenvalue weighted by Crippen LogP contribution is -2.28. The highest BCUT2D eigenvalue weighted by Gasteiger charge is 2.29. The van der Waals surface area contributed by atoms with Crippen LogP contribution in [0.1, 0.15) is 12.8 Å². The smallest absolute Gasteiger partial charge is 0.129 e. The van der Waals surface area contributed by atoms with Crippen LogP contribution in [-0.4, -0.2) is 22.9 Å². The second-order valence-electron chi connectivity index (χ2n) is 4.48. The number of hydrogen-bond donors (Lipinski definition) is 0. The van der Waals surface area contributed by atoms with Crippen molar-refractivity contribution in [2.24, 2.45) is 0 Å². The van der Waals surface area contributed by atoms with E-state index in [2.05, 4.69) is 51.2 Å². The van der Waals surface area contributed by atoms with E-state index in [0.717, 1.165) is 23.2 Å². The monoisotopic (exact) mass is 290 g/mol. The van der Waals surface area contributed by atoms with Crippen molar-refractivity contribution in [3.8, 4) is 0 Å². The molecular formula is C14H15BrN2. The quantitative estimate of drug-likeness (QED) is 0.800. The Morgan fingerprint density at radius 2 is 2.00 bits per heavy atom. The summed E-state index contributed by atoms with van der Waals surface area (Å²) in [6.07, 6.45) is 2.61. The number of fused-ring (bicyclic) bond motifs is 1. The van der Waals surface area contributed by atoms with Gasteiger partial charge in [0.1, 0.15) is 5.82 Å². The summed E-state index contributed by atoms with van der Waals surface area (Å²) in [7, 11) is 0. The number of benzene rings is 1. The standard InChI is InChI=1S/C14H15BrN2/c15-9-10-17(12-6-7-12)14-8-5-11-3-1-2-4-13(11)16-14/h1-5,8,12H,6-7,9-10H2. The molecule has 0 atom stereocenters. The minimum Gasteiger partial charge on any atom is -0.353 e. The summed E-state index contributed by atoms with van der Waals surface area (Å²) >= 11 is 3.52. The Balaban J connectivity index is 1.97. The lowest BCUT2D eigenvalue weighted by atomic mass is 10.2. The number of para-hydroxylation sites is 1. The summed E-state index contributed by atoms with van der Waals surface area (Å²) in [6.45, 7) is 1.04. The molecule has 0 amide bonds. The van der Waals surface area contributed by atoms with E-state index in [0.29, 0.717) is 6.04 Å². The number of pyridine rings is 1. The number of alkyl halides is 1. The predicted molar refractivity (Wildman–Crippen MR) is 75.9 cm³/mol. The average molecular weight is 291 g/mol. The molecule has 0 radical (unpaired) electrons. The molecule has 0 unspecified atom stereocenters. The van der Waals surface area contributed by atoms with Gasteiger partial charge in [-0.1, -0.05) is 34.1 Å². The normalized spacial score (nSPS) is 15.1. The molecule has 0 spiro atoms. The maximum Gasteiger partial charge on any atom is 0.129 e. The molecule has 1 aromatic heterocycles. The Morgan fingerprint density at radius 3 is 2.76 bits per heavy atom. The molecule has 1 aliphatic rings. The Labute approximate surface area is 110 Å². The second-order valence-corrected chi connectivity index (χ2v) is 5.27. The largest absolute Gasteiger partial charge is 0.353 e. The van der Waals surface area contributed by atoms with Gasteiger partial charge in [-0.2, -0.15) is 0 Å². The predicted octanol–water partition coefficient (Wildman–Crippen LogP) is 3.60. The van der Waals surface area contributed by atoms with Gasteiger partial charge in [-0.25, -0.2) is 4.98 Å². The third-order valence-corrected chi connectivity index (χ3v) is 3.55. The summed E-state index contributed by atoms with van der Waals surface area (Å²) in [4.78, 5) is 7.18. The first kappa shape index (κ1) is 11.0. The highest BCUT2D eigenvalue weighted by Crippen LogP contribution is 2.31. The molecule has 1 saturated carbocycles. The van der Waals surface area contributed by atoms with Crippen molar-refractivity contribution in [1.29, 1.82) is 0 Å². The summed E-state index contributed by atoms with van der Waals surface area (Å²) < 4.78 is 0. The zero-order valence-corrected chi connectivity index (χ0v) is 11.2. The topological polar surface area (TPSA) is 16.1 Å². The van der Waals surface area contributed by atoms with Crippen LogP contribution >= 0.6 is 15.9 Å². The van der Waals surface area contributed by atoms with Crippen LogP contribution in [0, 0.1) is 0 Å². The van der Waals surface area contributed by atoms with Gasteiger partial charge in [-0.3, -0.25) is 0 Å². The van der Waals surface area contributed by atoms with Crippen LogP contribution in [0.3, 0.4) is 0 Å². The van der Waals surface area contributed by atoms with Gasteiger partial charge >= 0.3 is 0 Å². The molecule has 1 heterocycles. The molecule has 2 aromatic rings. The minimum absolute atomic E-state index is 0.709. The SMILES string of the molecule is BrCCN(c1ccc2ccccc2n1)C1CC1. The lowest BCUT2D eigenvalue weighted by Gasteiger charge is -2.22. The Morgan fingerprint density at radius 1 is 1.18 bits per heavy atom. The van der Waals surface area contributed by atoms with Crippen molar-refractivity contribution < 1.29 is 0 Å². The molecule has 17 heavy (non-hydrogen) atoms. The third kappa shape index (κ3) is 2.29. The van der Waals surface area contributed by atoms with Crippen molar-refractivity contribution in [2.75, 3.05) is 16.8 Å². The van der Waals surface area contributed by atoms with Crippen LogP contribution < -0.4 is 4.90 Å². The molecule has 3 heteroatoms. The van der Waals surface area contributed by atoms with Crippen LogP contribution in [0.15, 0.2) is 36.4 Å². The van der Waals surface area contributed by atoms with Crippen LogP contribution in [0.25, 0.3) is 10.9 Å². The Kier molecular flexibility index (Phi) is 3.02. The van der Waals surface area contributed by atoms with Crippen LogP contribution in [0.4, 0.5) is 5.82 Å². The van der Waals surface area contributed by atoms with Crippen molar-refractivity contribution in [3.05, 3.63) is 36.4 Å². The molecule has 3 rings (SSSR count). The Bertz CT molecular complexity index is 522. The first-order chi connectivity index (χ1) is 8.38. The molecule has 0 aliphatic heterocycles. The number of hydrogen-bond acceptors (Lipinski definition) is 2. The van der Waals surface area contributed by atoms with Gasteiger partial charge in [-0.15, -0.1) is 0 Å². The fourth-order valence-electron chi connectivity index (χ4n) is 2.18. The van der Waals surface area contributed by atoms with E-state index in [1.807, 2.05) is 6.07 Å². The second kappa shape index (κ2) is 4.65. The zero-order valence-electron chi connectivity index (χ0n) is 9.64. The summed E-state index contributed by atoms with van der Waals surface area (Å²) in [5.41, 5.74) is 1.09. The first-order valence-electron chi connectivity index (χ1n) is 6.07. The highest BCUT2D eigenvalue weighted by atomic mass is 79.9. The summed E-state index contributed by atoms with van der Waals surface area (Å²) in [5, 5.41) is 2.21. The minimum atomic E-state index is 0.709. The number of rotatable bonds is 4. The Hall–Kier alpha value is -1.09. The molecule has 1 aromatic carbocycles. The van der Waals surface area contributed by atoms with Gasteiger partial charge in [0.05, 0.1) is 5.52 Å². The number of nitrogens with zero attached hydrogens (tertiary/aromatic N) is 2. The van der Waals surface area contributed by atoms with Gasteiger partial charge in [0.25, 0.3) is 0 Å². The van der Waals surface area contributed by atoms with Crippen LogP contribution in [0.2, 0.25) is 0 Å². The lowest BCUT2D eigenvalue weighted by molar-refractivity contribution is 0.819. The van der Waals surface area contributed by atoms with E-state index < -0.39 is 0 Å². The molecule has 0 N–H and O–H groups in total. The molecule has 1 fully saturated rings. The molecule has 1 aliphatic carbocycles. The van der Waals surface area contributed by atoms with E-state index in [9.17, 15) is 0 Å². The van der Waals surface area contributed by atoms with Crippen molar-refractivity contribution >= 4 is 32.7 Å². The van der Waals surface area contributed by atoms with Crippen LogP contribution in [-0.2, 0) is 0 Å². The molecule has 88 valence electrons. The van der Waals surface area contributed by atoms with E-state index in [1.54, 1.807) is 0 Å². The fraction of sp³-hybridized carbons (Fsp3) is 0.357. The summed E-state index contributed by atoms with van der Waals surface area (Å²) in [5.74, 6) is 1.12. The maximum atomic E-state index is 4.76. The number of anilines is 1. The van der Waals surface area contributed by atoms with E-state index in [1.165, 1.54) is 18.2 Å². The van der Waals surface area contributed by atoms with Gasteiger partial charge < -0.3 is 4.90 Å². The van der Waals surface area contributed by atoms with Crippen molar-refractivity contribution in [1.82, 2.24) is 4.98 Å². The van der Waals surface area contributed by atoms with Crippen molar-refractivity contribution in [3.63, 3.8) is 0 Å². The van der Waals surface area contributed by atoms with E-state index in [-0.39, 0.29) is 0 Å². The third-order valence-electron chi connectivity index (χ3n) is 3.19. The van der Waals surface area contributed by atoms with Gasteiger partial charge in [0.15, 0.2) is 0 Å². The van der Waals surface area contributed by atoms with E-state index >= 15 is 0 Å². The maximum absolute atomic E-state index is 4.76. The first-order valence-corrected chi connectivity index (χ1v) is 7.19. The number of aromatic nitrogens is 1. The van der Waals surface area contributed by atoms with Crippen molar-refractivity contribution in [2.45, 2.75) is 18.9 Å². The van der Waals surface area contributed by atoms with Gasteiger partial charge in [0.2, 0.25) is 0 Å². The highest BCUT2D eigenvalue weighted by molar-refractivity contribution is 9.09. The summed E-state index contributed by atoms with van der Waals surface area (Å²) in [6, 6.07) is 13.3. The number of halogens is 1.